The molecule has 72 valence electrons. The van der Waals surface area contributed by atoms with Gasteiger partial charge in [0.25, 0.3) is 0 Å². The summed E-state index contributed by atoms with van der Waals surface area (Å²) >= 11 is 0. The molecule has 7 heteroatoms. The normalized spacial score (nSPS) is 10.0. The molecule has 5 nitrogen and oxygen atoms in total. The van der Waals surface area contributed by atoms with E-state index < -0.39 is 16.3 Å². The van der Waals surface area contributed by atoms with Crippen molar-refractivity contribution < 1.29 is 75.3 Å². The zero-order chi connectivity index (χ0) is 9.90. The van der Waals surface area contributed by atoms with Crippen LogP contribution in [-0.4, -0.2) is 19.7 Å². The molecule has 1 aromatic carbocycles. The summed E-state index contributed by atoms with van der Waals surface area (Å²) < 4.78 is 25.8. The van der Waals surface area contributed by atoms with Crippen LogP contribution in [0.3, 0.4) is 0 Å². The van der Waals surface area contributed by atoms with E-state index in [0.717, 1.165) is 0 Å². The molecule has 14 heavy (non-hydrogen) atoms. The Labute approximate surface area is 125 Å². The van der Waals surface area contributed by atoms with Crippen LogP contribution < -0.4 is 51.4 Å². The second kappa shape index (κ2) is 5.84. The molecule has 0 bridgehead atoms. The zero-order valence-electron chi connectivity index (χ0n) is 8.38. The fraction of sp³-hybridized carbons (Fsp3) is 0. The summed E-state index contributed by atoms with van der Waals surface area (Å²) in [6, 6.07) is 7.05. The van der Waals surface area contributed by atoms with Crippen LogP contribution in [0.4, 0.5) is 4.79 Å². The van der Waals surface area contributed by atoms with Crippen molar-refractivity contribution in [1.29, 1.82) is 0 Å². The number of carbonyl (C=O) groups is 1. The number of carboxylic acid groups (broad SMARTS) is 1. The molecule has 0 aliphatic rings. The zero-order valence-corrected chi connectivity index (χ0v) is 11.3. The van der Waals surface area contributed by atoms with Crippen molar-refractivity contribution in [2.24, 2.45) is 0 Å². The number of hydrogen-bond donors (Lipinski definition) is 1. The van der Waals surface area contributed by atoms with Crippen LogP contribution in [0.15, 0.2) is 35.2 Å². The molecule has 0 aliphatic heterocycles. The summed E-state index contributed by atoms with van der Waals surface area (Å²) in [6.45, 7) is 0. The van der Waals surface area contributed by atoms with Crippen LogP contribution >= 0.6 is 0 Å². The minimum absolute atomic E-state index is 0. The Bertz CT molecular complexity index is 405. The van der Waals surface area contributed by atoms with Gasteiger partial charge in [-0.1, -0.05) is 18.2 Å². The van der Waals surface area contributed by atoms with E-state index in [1.165, 1.54) is 24.3 Å². The van der Waals surface area contributed by atoms with E-state index in [2.05, 4.69) is 4.18 Å². The Kier molecular flexibility index (Phi) is 5.87. The van der Waals surface area contributed by atoms with Crippen molar-refractivity contribution in [1.82, 2.24) is 0 Å². The van der Waals surface area contributed by atoms with Gasteiger partial charge in [-0.05, 0) is 12.1 Å². The number of rotatable bonds is 2. The first-order chi connectivity index (χ1) is 6.02. The van der Waals surface area contributed by atoms with Crippen LogP contribution in [0.5, 0.6) is 0 Å². The first-order valence-electron chi connectivity index (χ1n) is 3.25. The van der Waals surface area contributed by atoms with E-state index in [4.69, 9.17) is 5.11 Å². The Hall–Kier alpha value is 0.0764. The molecule has 0 aromatic heterocycles. The van der Waals surface area contributed by atoms with Gasteiger partial charge < -0.3 is 10.7 Å². The van der Waals surface area contributed by atoms with Crippen molar-refractivity contribution in [2.75, 3.05) is 0 Å². The molecule has 0 unspecified atom stereocenters. The summed E-state index contributed by atoms with van der Waals surface area (Å²) in [6.07, 6.45) is -1.84. The Morgan fingerprint density at radius 3 is 2.21 bits per heavy atom. The van der Waals surface area contributed by atoms with Gasteiger partial charge in [0, 0.05) is 0 Å². The van der Waals surface area contributed by atoms with Gasteiger partial charge in [-0.15, -0.1) is 0 Å². The van der Waals surface area contributed by atoms with Gasteiger partial charge in [0.1, 0.15) is 4.90 Å². The van der Waals surface area contributed by atoms with E-state index in [1.807, 2.05) is 0 Å². The molecule has 0 aliphatic carbocycles. The third-order valence-electron chi connectivity index (χ3n) is 1.21. The van der Waals surface area contributed by atoms with Crippen LogP contribution in [0, 0.1) is 0 Å². The molecule has 1 aromatic rings. The summed E-state index contributed by atoms with van der Waals surface area (Å²) in [4.78, 5) is 9.80. The van der Waals surface area contributed by atoms with E-state index in [-0.39, 0.29) is 57.7 Å². The fourth-order valence-electron chi connectivity index (χ4n) is 0.729. The minimum atomic E-state index is -4.16. The van der Waals surface area contributed by atoms with Gasteiger partial charge in [-0.3, -0.25) is 0 Å². The van der Waals surface area contributed by atoms with Crippen molar-refractivity contribution in [2.45, 2.75) is 4.90 Å². The van der Waals surface area contributed by atoms with Gasteiger partial charge in [0.05, 0.1) is 0 Å². The van der Waals surface area contributed by atoms with Crippen molar-refractivity contribution in [3.63, 3.8) is 0 Å². The predicted octanol–water partition coefficient (Wildman–Crippen LogP) is -1.81. The molecule has 0 atom stereocenters. The Morgan fingerprint density at radius 1 is 1.29 bits per heavy atom. The van der Waals surface area contributed by atoms with E-state index >= 15 is 0 Å². The maximum atomic E-state index is 11.0. The maximum Gasteiger partial charge on any atom is 1.00 e. The molecule has 1 rings (SSSR count). The summed E-state index contributed by atoms with van der Waals surface area (Å²) in [7, 11) is -4.16. The average Bonchev–Trinajstić information content (AvgIpc) is 2.04. The van der Waals surface area contributed by atoms with E-state index in [1.54, 1.807) is 6.07 Å². The maximum absolute atomic E-state index is 11.0. The third kappa shape index (κ3) is 4.07. The van der Waals surface area contributed by atoms with Crippen LogP contribution in [0.2, 0.25) is 0 Å². The Morgan fingerprint density at radius 2 is 1.79 bits per heavy atom. The van der Waals surface area contributed by atoms with Crippen LogP contribution in [0.25, 0.3) is 0 Å². The standard InChI is InChI=1S/C7H6O5S.K.H/c8-7(9)12-13(10,11)6-4-2-1-3-5-6;;/h1-5H,(H,8,9);;/q;+1;-1. The molecule has 0 saturated heterocycles. The van der Waals surface area contributed by atoms with Crippen LogP contribution in [0.1, 0.15) is 1.43 Å². The second-order valence-electron chi connectivity index (χ2n) is 2.12. The van der Waals surface area contributed by atoms with E-state index in [0.29, 0.717) is 0 Å². The smallest absolute Gasteiger partial charge is 1.00 e. The Balaban J connectivity index is 0. The van der Waals surface area contributed by atoms with Gasteiger partial charge >= 0.3 is 67.7 Å². The molecular weight excluding hydrogens is 235 g/mol. The fourth-order valence-corrected chi connectivity index (χ4v) is 1.50. The second-order valence-corrected chi connectivity index (χ2v) is 3.66. The molecule has 0 spiro atoms. The van der Waals surface area contributed by atoms with Gasteiger partial charge in [0.2, 0.25) is 0 Å². The monoisotopic (exact) mass is 242 g/mol. The van der Waals surface area contributed by atoms with Gasteiger partial charge in [0.15, 0.2) is 0 Å². The topological polar surface area (TPSA) is 80.7 Å². The SMILES string of the molecule is O=C(O)OS(=O)(=O)c1ccccc1.[H-].[K+]. The molecule has 0 fully saturated rings. The third-order valence-corrected chi connectivity index (χ3v) is 2.42. The van der Waals surface area contributed by atoms with Crippen molar-refractivity contribution in [3.8, 4) is 0 Å². The summed E-state index contributed by atoms with van der Waals surface area (Å²) in [5.74, 6) is 0. The molecular formula is C7H7KO5S. The largest absolute Gasteiger partial charge is 1.00 e. The molecule has 0 heterocycles. The van der Waals surface area contributed by atoms with Crippen molar-refractivity contribution in [3.05, 3.63) is 30.3 Å². The molecule has 1 N–H and O–H groups in total. The summed E-state index contributed by atoms with van der Waals surface area (Å²) in [5, 5.41) is 8.11. The van der Waals surface area contributed by atoms with Crippen molar-refractivity contribution >= 4 is 16.3 Å². The summed E-state index contributed by atoms with van der Waals surface area (Å²) in [5.41, 5.74) is 0. The van der Waals surface area contributed by atoms with E-state index in [9.17, 15) is 13.2 Å². The van der Waals surface area contributed by atoms with Gasteiger partial charge in [-0.25, -0.2) is 4.79 Å². The predicted molar refractivity (Wildman–Crippen MR) is 43.8 cm³/mol. The molecule has 0 amide bonds. The molecule has 0 saturated carbocycles. The number of hydrogen-bond acceptors (Lipinski definition) is 4. The van der Waals surface area contributed by atoms with Gasteiger partial charge in [-0.2, -0.15) is 8.42 Å². The first kappa shape index (κ1) is 14.1. The minimum Gasteiger partial charge on any atom is -1.00 e. The average molecular weight is 242 g/mol. The quantitative estimate of drug-likeness (QED) is 0.488. The first-order valence-corrected chi connectivity index (χ1v) is 4.65. The van der Waals surface area contributed by atoms with Crippen LogP contribution in [-0.2, 0) is 14.3 Å². The number of benzene rings is 1. The molecule has 0 radical (unpaired) electrons.